The van der Waals surface area contributed by atoms with E-state index in [4.69, 9.17) is 5.73 Å². The van der Waals surface area contributed by atoms with Gasteiger partial charge in [-0.15, -0.1) is 0 Å². The second-order valence-electron chi connectivity index (χ2n) is 5.59. The zero-order chi connectivity index (χ0) is 16.3. The highest BCUT2D eigenvalue weighted by Crippen LogP contribution is 2.34. The SMILES string of the molecule is CC1CC(N)CCN1C(=O)/C=C(/c1ccccc1)C(F)(F)F. The first-order valence-electron chi connectivity index (χ1n) is 7.19. The number of hydrogen-bond donors (Lipinski definition) is 1. The Kier molecular flexibility index (Phi) is 4.90. The Labute approximate surface area is 127 Å². The lowest BCUT2D eigenvalue weighted by Gasteiger charge is -2.36. The molecule has 0 bridgehead atoms. The molecule has 2 unspecified atom stereocenters. The standard InChI is InChI=1S/C16H19F3N2O/c1-11-9-13(20)7-8-21(11)15(22)10-14(16(17,18)19)12-5-3-2-4-6-12/h2-6,10-11,13H,7-9,20H2,1H3/b14-10-. The van der Waals surface area contributed by atoms with Crippen LogP contribution >= 0.6 is 0 Å². The van der Waals surface area contributed by atoms with E-state index in [1.54, 1.807) is 13.0 Å². The molecule has 22 heavy (non-hydrogen) atoms. The van der Waals surface area contributed by atoms with E-state index in [1.807, 2.05) is 0 Å². The highest BCUT2D eigenvalue weighted by molar-refractivity contribution is 5.96. The third-order valence-electron chi connectivity index (χ3n) is 3.86. The number of nitrogens with two attached hydrogens (primary N) is 1. The van der Waals surface area contributed by atoms with Crippen LogP contribution in [0.2, 0.25) is 0 Å². The van der Waals surface area contributed by atoms with Crippen molar-refractivity contribution < 1.29 is 18.0 Å². The van der Waals surface area contributed by atoms with Crippen molar-refractivity contribution in [2.45, 2.75) is 38.0 Å². The maximum absolute atomic E-state index is 13.2. The number of likely N-dealkylation sites (tertiary alicyclic amines) is 1. The third-order valence-corrected chi connectivity index (χ3v) is 3.86. The number of hydrogen-bond acceptors (Lipinski definition) is 2. The summed E-state index contributed by atoms with van der Waals surface area (Å²) in [7, 11) is 0. The molecule has 1 saturated heterocycles. The molecule has 0 aromatic heterocycles. The van der Waals surface area contributed by atoms with E-state index in [0.29, 0.717) is 25.5 Å². The van der Waals surface area contributed by atoms with Gasteiger partial charge in [-0.2, -0.15) is 13.2 Å². The van der Waals surface area contributed by atoms with Crippen LogP contribution in [-0.2, 0) is 4.79 Å². The number of piperidine rings is 1. The largest absolute Gasteiger partial charge is 0.417 e. The van der Waals surface area contributed by atoms with Gasteiger partial charge in [0.05, 0.1) is 5.57 Å². The molecule has 0 radical (unpaired) electrons. The maximum Gasteiger partial charge on any atom is 0.417 e. The molecule has 1 aromatic rings. The number of amides is 1. The van der Waals surface area contributed by atoms with Gasteiger partial charge >= 0.3 is 6.18 Å². The lowest BCUT2D eigenvalue weighted by atomic mass is 9.98. The number of carbonyl (C=O) groups is 1. The molecule has 2 rings (SSSR count). The van der Waals surface area contributed by atoms with Crippen molar-refractivity contribution in [3.63, 3.8) is 0 Å². The van der Waals surface area contributed by atoms with Gasteiger partial charge in [-0.05, 0) is 25.3 Å². The van der Waals surface area contributed by atoms with Gasteiger partial charge in [0.1, 0.15) is 0 Å². The first kappa shape index (κ1) is 16.5. The molecule has 120 valence electrons. The molecule has 1 aliphatic heterocycles. The molecule has 2 atom stereocenters. The summed E-state index contributed by atoms with van der Waals surface area (Å²) in [4.78, 5) is 13.7. The van der Waals surface area contributed by atoms with Crippen LogP contribution in [-0.4, -0.2) is 35.6 Å². The Balaban J connectivity index is 2.28. The molecule has 6 heteroatoms. The fraction of sp³-hybridized carbons (Fsp3) is 0.438. The summed E-state index contributed by atoms with van der Waals surface area (Å²) < 4.78 is 39.7. The quantitative estimate of drug-likeness (QED) is 0.853. The predicted octanol–water partition coefficient (Wildman–Crippen LogP) is 2.97. The summed E-state index contributed by atoms with van der Waals surface area (Å²) in [5.74, 6) is -0.615. The van der Waals surface area contributed by atoms with Gasteiger partial charge in [-0.25, -0.2) is 0 Å². The van der Waals surface area contributed by atoms with E-state index in [-0.39, 0.29) is 17.6 Å². The van der Waals surface area contributed by atoms with Crippen LogP contribution in [0.4, 0.5) is 13.2 Å². The number of rotatable bonds is 2. The first-order valence-corrected chi connectivity index (χ1v) is 7.19. The van der Waals surface area contributed by atoms with Crippen molar-refractivity contribution in [3.05, 3.63) is 42.0 Å². The highest BCUT2D eigenvalue weighted by atomic mass is 19.4. The van der Waals surface area contributed by atoms with Crippen LogP contribution in [0.15, 0.2) is 36.4 Å². The molecule has 0 aliphatic carbocycles. The lowest BCUT2D eigenvalue weighted by Crippen LogP contribution is -2.48. The maximum atomic E-state index is 13.2. The fourth-order valence-electron chi connectivity index (χ4n) is 2.69. The number of nitrogens with zero attached hydrogens (tertiary/aromatic N) is 1. The Morgan fingerprint density at radius 1 is 1.32 bits per heavy atom. The normalized spacial score (nSPS) is 23.5. The van der Waals surface area contributed by atoms with Crippen molar-refractivity contribution in [1.82, 2.24) is 4.90 Å². The Morgan fingerprint density at radius 2 is 1.95 bits per heavy atom. The van der Waals surface area contributed by atoms with Crippen molar-refractivity contribution in [2.75, 3.05) is 6.54 Å². The third kappa shape index (κ3) is 3.88. The lowest BCUT2D eigenvalue weighted by molar-refractivity contribution is -0.129. The molecule has 3 nitrogen and oxygen atoms in total. The van der Waals surface area contributed by atoms with E-state index in [1.165, 1.54) is 29.2 Å². The summed E-state index contributed by atoms with van der Waals surface area (Å²) in [6.45, 7) is 2.19. The smallest absolute Gasteiger partial charge is 0.336 e. The van der Waals surface area contributed by atoms with Gasteiger partial charge in [-0.3, -0.25) is 4.79 Å². The predicted molar refractivity (Wildman–Crippen MR) is 78.9 cm³/mol. The number of allylic oxidation sites excluding steroid dienone is 1. The van der Waals surface area contributed by atoms with Crippen molar-refractivity contribution in [3.8, 4) is 0 Å². The van der Waals surface area contributed by atoms with Crippen LogP contribution in [0, 0.1) is 0 Å². The molecular formula is C16H19F3N2O. The zero-order valence-corrected chi connectivity index (χ0v) is 12.3. The van der Waals surface area contributed by atoms with Gasteiger partial charge in [0.2, 0.25) is 5.91 Å². The molecule has 1 heterocycles. The molecule has 0 spiro atoms. The van der Waals surface area contributed by atoms with Crippen LogP contribution in [0.5, 0.6) is 0 Å². The second kappa shape index (κ2) is 6.52. The Bertz CT molecular complexity index is 554. The zero-order valence-electron chi connectivity index (χ0n) is 12.3. The minimum Gasteiger partial charge on any atom is -0.336 e. The van der Waals surface area contributed by atoms with Crippen LogP contribution in [0.1, 0.15) is 25.3 Å². The van der Waals surface area contributed by atoms with Gasteiger partial charge in [0.15, 0.2) is 0 Å². The van der Waals surface area contributed by atoms with Crippen molar-refractivity contribution in [1.29, 1.82) is 0 Å². The van der Waals surface area contributed by atoms with Crippen molar-refractivity contribution in [2.24, 2.45) is 5.73 Å². The first-order chi connectivity index (χ1) is 10.3. The molecule has 1 aliphatic rings. The average Bonchev–Trinajstić information content (AvgIpc) is 2.44. The van der Waals surface area contributed by atoms with E-state index in [9.17, 15) is 18.0 Å². The molecule has 0 saturated carbocycles. The van der Waals surface area contributed by atoms with Gasteiger partial charge < -0.3 is 10.6 Å². The number of carbonyl (C=O) groups excluding carboxylic acids is 1. The number of benzene rings is 1. The fourth-order valence-corrected chi connectivity index (χ4v) is 2.69. The molecule has 1 aromatic carbocycles. The summed E-state index contributed by atoms with van der Waals surface area (Å²) in [5, 5.41) is 0. The summed E-state index contributed by atoms with van der Waals surface area (Å²) in [6.07, 6.45) is -2.67. The molecule has 1 amide bonds. The summed E-state index contributed by atoms with van der Waals surface area (Å²) in [6, 6.07) is 7.21. The van der Waals surface area contributed by atoms with Crippen LogP contribution in [0.3, 0.4) is 0 Å². The van der Waals surface area contributed by atoms with Gasteiger partial charge in [0.25, 0.3) is 0 Å². The monoisotopic (exact) mass is 312 g/mol. The second-order valence-corrected chi connectivity index (χ2v) is 5.59. The summed E-state index contributed by atoms with van der Waals surface area (Å²) >= 11 is 0. The number of alkyl halides is 3. The van der Waals surface area contributed by atoms with Gasteiger partial charge in [0, 0.05) is 24.7 Å². The van der Waals surface area contributed by atoms with Crippen LogP contribution in [0.25, 0.3) is 5.57 Å². The van der Waals surface area contributed by atoms with Crippen LogP contribution < -0.4 is 5.73 Å². The average molecular weight is 312 g/mol. The summed E-state index contributed by atoms with van der Waals surface area (Å²) in [5.41, 5.74) is 4.89. The van der Waals surface area contributed by atoms with E-state index < -0.39 is 17.7 Å². The Hall–Kier alpha value is -1.82. The minimum absolute atomic E-state index is 0.000704. The Morgan fingerprint density at radius 3 is 2.50 bits per heavy atom. The van der Waals surface area contributed by atoms with Gasteiger partial charge in [-0.1, -0.05) is 30.3 Å². The molecular weight excluding hydrogens is 293 g/mol. The van der Waals surface area contributed by atoms with Crippen molar-refractivity contribution >= 4 is 11.5 Å². The topological polar surface area (TPSA) is 46.3 Å². The highest BCUT2D eigenvalue weighted by Gasteiger charge is 2.36. The van der Waals surface area contributed by atoms with E-state index in [2.05, 4.69) is 0 Å². The van der Waals surface area contributed by atoms with E-state index in [0.717, 1.165) is 0 Å². The minimum atomic E-state index is -4.58. The molecule has 1 fully saturated rings. The number of halogens is 3. The van der Waals surface area contributed by atoms with E-state index >= 15 is 0 Å². The molecule has 2 N–H and O–H groups in total.